The van der Waals surface area contributed by atoms with E-state index in [1.165, 1.54) is 6.07 Å². The van der Waals surface area contributed by atoms with E-state index in [0.717, 1.165) is 25.1 Å². The molecule has 6 heteroatoms. The van der Waals surface area contributed by atoms with Crippen LogP contribution < -0.4 is 15.4 Å². The van der Waals surface area contributed by atoms with Crippen LogP contribution in [-0.2, 0) is 4.79 Å². The van der Waals surface area contributed by atoms with E-state index >= 15 is 0 Å². The number of nitrogens with one attached hydrogen (secondary N) is 2. The fourth-order valence-corrected chi connectivity index (χ4v) is 1.53. The molecule has 1 aromatic rings. The van der Waals surface area contributed by atoms with Gasteiger partial charge in [0.15, 0.2) is 17.7 Å². The first kappa shape index (κ1) is 16.4. The van der Waals surface area contributed by atoms with Gasteiger partial charge in [0.1, 0.15) is 5.75 Å². The lowest BCUT2D eigenvalue weighted by Crippen LogP contribution is -2.39. The summed E-state index contributed by atoms with van der Waals surface area (Å²) in [7, 11) is 0. The van der Waals surface area contributed by atoms with E-state index in [4.69, 9.17) is 4.74 Å². The van der Waals surface area contributed by atoms with E-state index in [9.17, 15) is 13.6 Å². The molecule has 1 rings (SSSR count). The van der Waals surface area contributed by atoms with Crippen LogP contribution in [0.4, 0.5) is 8.78 Å². The van der Waals surface area contributed by atoms with Crippen molar-refractivity contribution in [3.63, 3.8) is 0 Å². The molecule has 0 bridgehead atoms. The number of ether oxygens (including phenoxy) is 1. The monoisotopic (exact) mass is 286 g/mol. The molecule has 112 valence electrons. The molecule has 0 saturated heterocycles. The van der Waals surface area contributed by atoms with E-state index < -0.39 is 17.7 Å². The van der Waals surface area contributed by atoms with Gasteiger partial charge in [-0.25, -0.2) is 8.78 Å². The van der Waals surface area contributed by atoms with Crippen molar-refractivity contribution in [3.05, 3.63) is 29.8 Å². The van der Waals surface area contributed by atoms with Crippen molar-refractivity contribution in [2.24, 2.45) is 0 Å². The molecule has 0 aliphatic carbocycles. The van der Waals surface area contributed by atoms with E-state index in [1.54, 1.807) is 6.92 Å². The van der Waals surface area contributed by atoms with Gasteiger partial charge in [0.25, 0.3) is 5.91 Å². The van der Waals surface area contributed by atoms with Crippen molar-refractivity contribution in [2.45, 2.75) is 26.4 Å². The molecule has 0 aliphatic heterocycles. The predicted octanol–water partition coefficient (Wildman–Crippen LogP) is 1.85. The third-order valence-corrected chi connectivity index (χ3v) is 2.60. The molecule has 0 aromatic heterocycles. The first-order chi connectivity index (χ1) is 9.54. The van der Waals surface area contributed by atoms with Crippen molar-refractivity contribution < 1.29 is 18.3 Å². The Morgan fingerprint density at radius 3 is 2.65 bits per heavy atom. The van der Waals surface area contributed by atoms with E-state index in [0.29, 0.717) is 13.1 Å². The summed E-state index contributed by atoms with van der Waals surface area (Å²) in [5.74, 6) is -2.13. The van der Waals surface area contributed by atoms with Gasteiger partial charge in [0.2, 0.25) is 0 Å². The summed E-state index contributed by atoms with van der Waals surface area (Å²) in [6, 6.07) is 3.16. The van der Waals surface area contributed by atoms with Crippen molar-refractivity contribution in [2.75, 3.05) is 19.6 Å². The number of amides is 1. The summed E-state index contributed by atoms with van der Waals surface area (Å²) in [5, 5.41) is 5.84. The van der Waals surface area contributed by atoms with Crippen LogP contribution in [0.2, 0.25) is 0 Å². The maximum absolute atomic E-state index is 13.0. The Balaban J connectivity index is 2.35. The number of carbonyl (C=O) groups is 1. The van der Waals surface area contributed by atoms with Crippen LogP contribution in [0.15, 0.2) is 18.2 Å². The average Bonchev–Trinajstić information content (AvgIpc) is 2.42. The molecule has 0 fully saturated rings. The van der Waals surface area contributed by atoms with Crippen LogP contribution in [0.25, 0.3) is 0 Å². The molecule has 20 heavy (non-hydrogen) atoms. The molecule has 0 heterocycles. The quantitative estimate of drug-likeness (QED) is 0.717. The largest absolute Gasteiger partial charge is 0.481 e. The van der Waals surface area contributed by atoms with Crippen molar-refractivity contribution >= 4 is 5.91 Å². The van der Waals surface area contributed by atoms with Gasteiger partial charge in [-0.05, 0) is 32.0 Å². The number of hydrogen-bond donors (Lipinski definition) is 2. The molecule has 0 spiro atoms. The number of rotatable bonds is 8. The maximum atomic E-state index is 13.0. The minimum absolute atomic E-state index is 0.121. The standard InChI is InChI=1S/C14H20F2N2O2/c1-3-6-17-7-8-18-14(19)10(2)20-11-4-5-12(15)13(16)9-11/h4-5,9-10,17H,3,6-8H2,1-2H3,(H,18,19). The number of carbonyl (C=O) groups excluding carboxylic acids is 1. The Morgan fingerprint density at radius 1 is 1.25 bits per heavy atom. The lowest BCUT2D eigenvalue weighted by Gasteiger charge is -2.15. The van der Waals surface area contributed by atoms with Gasteiger partial charge in [-0.1, -0.05) is 6.92 Å². The molecule has 1 aromatic carbocycles. The van der Waals surface area contributed by atoms with Gasteiger partial charge in [0.05, 0.1) is 0 Å². The summed E-state index contributed by atoms with van der Waals surface area (Å²) in [6.07, 6.45) is 0.259. The third-order valence-electron chi connectivity index (χ3n) is 2.60. The van der Waals surface area contributed by atoms with Crippen LogP contribution in [0.5, 0.6) is 5.75 Å². The first-order valence-corrected chi connectivity index (χ1v) is 6.64. The van der Waals surface area contributed by atoms with Crippen molar-refractivity contribution in [1.29, 1.82) is 0 Å². The predicted molar refractivity (Wildman–Crippen MR) is 72.6 cm³/mol. The highest BCUT2D eigenvalue weighted by Gasteiger charge is 2.14. The van der Waals surface area contributed by atoms with Gasteiger partial charge in [-0.3, -0.25) is 4.79 Å². The van der Waals surface area contributed by atoms with Crippen molar-refractivity contribution in [3.8, 4) is 5.75 Å². The Bertz CT molecular complexity index is 441. The normalized spacial score (nSPS) is 12.0. The minimum Gasteiger partial charge on any atom is -0.481 e. The highest BCUT2D eigenvalue weighted by molar-refractivity contribution is 5.80. The van der Waals surface area contributed by atoms with Gasteiger partial charge in [-0.15, -0.1) is 0 Å². The molecule has 0 radical (unpaired) electrons. The van der Waals surface area contributed by atoms with Gasteiger partial charge in [-0.2, -0.15) is 0 Å². The molecule has 1 unspecified atom stereocenters. The van der Waals surface area contributed by atoms with Gasteiger partial charge >= 0.3 is 0 Å². The molecular weight excluding hydrogens is 266 g/mol. The van der Waals surface area contributed by atoms with Crippen LogP contribution in [-0.4, -0.2) is 31.6 Å². The second-order valence-electron chi connectivity index (χ2n) is 4.38. The summed E-state index contributed by atoms with van der Waals surface area (Å²) in [6.45, 7) is 5.68. The summed E-state index contributed by atoms with van der Waals surface area (Å²) >= 11 is 0. The zero-order chi connectivity index (χ0) is 15.0. The van der Waals surface area contributed by atoms with E-state index in [2.05, 4.69) is 17.6 Å². The van der Waals surface area contributed by atoms with Crippen molar-refractivity contribution in [1.82, 2.24) is 10.6 Å². The lowest BCUT2D eigenvalue weighted by molar-refractivity contribution is -0.127. The fourth-order valence-electron chi connectivity index (χ4n) is 1.53. The smallest absolute Gasteiger partial charge is 0.260 e. The van der Waals surface area contributed by atoms with Crippen LogP contribution in [0, 0.1) is 11.6 Å². The Labute approximate surface area is 117 Å². The first-order valence-electron chi connectivity index (χ1n) is 6.64. The summed E-state index contributed by atoms with van der Waals surface area (Å²) < 4.78 is 31.0. The van der Waals surface area contributed by atoms with E-state index in [-0.39, 0.29) is 11.7 Å². The molecular formula is C14H20F2N2O2. The third kappa shape index (κ3) is 5.52. The Kier molecular flexibility index (Phi) is 6.93. The number of benzene rings is 1. The van der Waals surface area contributed by atoms with Crippen LogP contribution in [0.3, 0.4) is 0 Å². The van der Waals surface area contributed by atoms with Gasteiger partial charge in [0, 0.05) is 19.2 Å². The Morgan fingerprint density at radius 2 is 2.00 bits per heavy atom. The highest BCUT2D eigenvalue weighted by atomic mass is 19.2. The SMILES string of the molecule is CCCNCCNC(=O)C(C)Oc1ccc(F)c(F)c1. The zero-order valence-corrected chi connectivity index (χ0v) is 11.7. The van der Waals surface area contributed by atoms with E-state index in [1.807, 2.05) is 0 Å². The average molecular weight is 286 g/mol. The summed E-state index contributed by atoms with van der Waals surface area (Å²) in [4.78, 5) is 11.7. The molecule has 1 amide bonds. The number of halogens is 2. The lowest BCUT2D eigenvalue weighted by atomic mass is 10.3. The molecule has 4 nitrogen and oxygen atoms in total. The summed E-state index contributed by atoms with van der Waals surface area (Å²) in [5.41, 5.74) is 0. The van der Waals surface area contributed by atoms with Crippen LogP contribution >= 0.6 is 0 Å². The second-order valence-corrected chi connectivity index (χ2v) is 4.38. The molecule has 1 atom stereocenters. The molecule has 0 saturated carbocycles. The topological polar surface area (TPSA) is 50.4 Å². The molecule has 0 aliphatic rings. The molecule has 2 N–H and O–H groups in total. The highest BCUT2D eigenvalue weighted by Crippen LogP contribution is 2.16. The van der Waals surface area contributed by atoms with Crippen LogP contribution in [0.1, 0.15) is 20.3 Å². The Hall–Kier alpha value is -1.69. The van der Waals surface area contributed by atoms with Gasteiger partial charge < -0.3 is 15.4 Å². The maximum Gasteiger partial charge on any atom is 0.260 e. The zero-order valence-electron chi connectivity index (χ0n) is 11.7. The second kappa shape index (κ2) is 8.47. The number of hydrogen-bond acceptors (Lipinski definition) is 3. The minimum atomic E-state index is -1.00. The fraction of sp³-hybridized carbons (Fsp3) is 0.500.